The van der Waals surface area contributed by atoms with Crippen molar-refractivity contribution in [1.82, 2.24) is 9.91 Å². The molecule has 0 N–H and O–H groups in total. The monoisotopic (exact) mass is 356 g/mol. The molecule has 0 unspecified atom stereocenters. The minimum absolute atomic E-state index is 0.851. The summed E-state index contributed by atoms with van der Waals surface area (Å²) in [7, 11) is 4.09. The summed E-state index contributed by atoms with van der Waals surface area (Å²) >= 11 is 6.26. The number of rotatable bonds is 5. The smallest absolute Gasteiger partial charge is 0.0542 e. The topological polar surface area (TPSA) is 22.1 Å². The van der Waals surface area contributed by atoms with Crippen LogP contribution >= 0.6 is 11.6 Å². The van der Waals surface area contributed by atoms with Gasteiger partial charge in [0.05, 0.1) is 6.21 Å². The number of halogens is 1. The normalized spacial score (nSPS) is 15.7. The van der Waals surface area contributed by atoms with Crippen molar-refractivity contribution in [2.45, 2.75) is 6.54 Å². The van der Waals surface area contributed by atoms with E-state index in [1.54, 1.807) is 0 Å². The largest absolute Gasteiger partial charge is 0.378 e. The van der Waals surface area contributed by atoms with Crippen LogP contribution in [0.4, 0.5) is 5.69 Å². The van der Waals surface area contributed by atoms with Crippen LogP contribution in [-0.2, 0) is 6.54 Å². The van der Waals surface area contributed by atoms with Crippen LogP contribution in [0, 0.1) is 0 Å². The lowest BCUT2D eigenvalue weighted by atomic mass is 10.2. The molecule has 0 bridgehead atoms. The molecule has 0 aliphatic carbocycles. The van der Waals surface area contributed by atoms with E-state index in [4.69, 9.17) is 11.6 Å². The summed E-state index contributed by atoms with van der Waals surface area (Å²) in [6.45, 7) is 4.79. The van der Waals surface area contributed by atoms with Gasteiger partial charge in [-0.3, -0.25) is 9.91 Å². The van der Waals surface area contributed by atoms with E-state index in [9.17, 15) is 0 Å². The van der Waals surface area contributed by atoms with Crippen LogP contribution in [0.5, 0.6) is 0 Å². The van der Waals surface area contributed by atoms with Crippen LogP contribution in [0.1, 0.15) is 11.1 Å². The van der Waals surface area contributed by atoms with Gasteiger partial charge >= 0.3 is 0 Å². The van der Waals surface area contributed by atoms with Gasteiger partial charge in [0.2, 0.25) is 0 Å². The Morgan fingerprint density at radius 1 is 1.00 bits per heavy atom. The van der Waals surface area contributed by atoms with Gasteiger partial charge in [0, 0.05) is 57.5 Å². The fourth-order valence-corrected chi connectivity index (χ4v) is 3.08. The molecule has 5 heteroatoms. The van der Waals surface area contributed by atoms with Gasteiger partial charge in [-0.2, -0.15) is 5.10 Å². The second-order valence-corrected chi connectivity index (χ2v) is 6.96. The Hall–Kier alpha value is -2.04. The maximum absolute atomic E-state index is 6.26. The van der Waals surface area contributed by atoms with E-state index in [-0.39, 0.29) is 0 Å². The van der Waals surface area contributed by atoms with Crippen molar-refractivity contribution < 1.29 is 0 Å². The molecule has 1 aliphatic heterocycles. The first kappa shape index (κ1) is 17.8. The average molecular weight is 357 g/mol. The molecule has 0 atom stereocenters. The maximum Gasteiger partial charge on any atom is 0.0542 e. The van der Waals surface area contributed by atoms with E-state index in [0.717, 1.165) is 43.3 Å². The lowest BCUT2D eigenvalue weighted by Crippen LogP contribution is -2.43. The molecular weight excluding hydrogens is 332 g/mol. The Kier molecular flexibility index (Phi) is 5.95. The first-order valence-electron chi connectivity index (χ1n) is 8.64. The van der Waals surface area contributed by atoms with Gasteiger partial charge in [-0.15, -0.1) is 0 Å². The third kappa shape index (κ3) is 4.97. The Balaban J connectivity index is 1.49. The van der Waals surface area contributed by atoms with E-state index in [2.05, 4.69) is 50.2 Å². The highest BCUT2D eigenvalue weighted by molar-refractivity contribution is 6.31. The van der Waals surface area contributed by atoms with Crippen molar-refractivity contribution in [2.75, 3.05) is 45.2 Å². The number of hydrogen-bond donors (Lipinski definition) is 0. The van der Waals surface area contributed by atoms with Gasteiger partial charge in [-0.05, 0) is 29.3 Å². The molecular formula is C20H25ClN4. The molecule has 132 valence electrons. The van der Waals surface area contributed by atoms with Crippen molar-refractivity contribution >= 4 is 23.5 Å². The van der Waals surface area contributed by atoms with Crippen LogP contribution in [0.15, 0.2) is 53.6 Å². The zero-order chi connectivity index (χ0) is 17.6. The van der Waals surface area contributed by atoms with Crippen molar-refractivity contribution in [3.05, 3.63) is 64.7 Å². The second-order valence-electron chi connectivity index (χ2n) is 6.55. The lowest BCUT2D eigenvalue weighted by molar-refractivity contribution is 0.131. The number of hydrogen-bond acceptors (Lipinski definition) is 4. The van der Waals surface area contributed by atoms with Crippen LogP contribution in [0.25, 0.3) is 0 Å². The molecule has 0 radical (unpaired) electrons. The van der Waals surface area contributed by atoms with Crippen LogP contribution < -0.4 is 4.90 Å². The zero-order valence-corrected chi connectivity index (χ0v) is 15.7. The highest BCUT2D eigenvalue weighted by Gasteiger charge is 2.16. The molecule has 0 spiro atoms. The van der Waals surface area contributed by atoms with Crippen molar-refractivity contribution in [1.29, 1.82) is 0 Å². The number of piperazine rings is 1. The van der Waals surface area contributed by atoms with Crippen LogP contribution in [0.3, 0.4) is 0 Å². The number of anilines is 1. The third-order valence-corrected chi connectivity index (χ3v) is 4.85. The van der Waals surface area contributed by atoms with E-state index < -0.39 is 0 Å². The lowest BCUT2D eigenvalue weighted by Gasteiger charge is -2.33. The number of benzene rings is 2. The Morgan fingerprint density at radius 2 is 1.68 bits per heavy atom. The highest BCUT2D eigenvalue weighted by atomic mass is 35.5. The standard InChI is InChI=1S/C20H25ClN4/c1-23(2)19-9-7-17(8-10-19)15-22-25-13-11-24(12-14-25)16-18-5-3-4-6-20(18)21/h3-10,15H,11-14,16H2,1-2H3/b22-15+. The number of nitrogens with zero attached hydrogens (tertiary/aromatic N) is 4. The molecule has 1 saturated heterocycles. The molecule has 1 aliphatic rings. The van der Waals surface area contributed by atoms with E-state index in [1.807, 2.05) is 38.5 Å². The summed E-state index contributed by atoms with van der Waals surface area (Å²) < 4.78 is 0. The highest BCUT2D eigenvalue weighted by Crippen LogP contribution is 2.18. The van der Waals surface area contributed by atoms with E-state index in [0.29, 0.717) is 0 Å². The molecule has 2 aromatic rings. The van der Waals surface area contributed by atoms with Crippen LogP contribution in [0.2, 0.25) is 5.02 Å². The molecule has 1 heterocycles. The minimum Gasteiger partial charge on any atom is -0.378 e. The van der Waals surface area contributed by atoms with Crippen molar-refractivity contribution in [2.24, 2.45) is 5.10 Å². The van der Waals surface area contributed by atoms with Crippen LogP contribution in [-0.4, -0.2) is 56.4 Å². The molecule has 0 saturated carbocycles. The fraction of sp³-hybridized carbons (Fsp3) is 0.350. The summed E-state index contributed by atoms with van der Waals surface area (Å²) in [4.78, 5) is 4.53. The number of hydrazone groups is 1. The first-order valence-corrected chi connectivity index (χ1v) is 9.02. The molecule has 0 amide bonds. The predicted molar refractivity (Wildman–Crippen MR) is 107 cm³/mol. The average Bonchev–Trinajstić information content (AvgIpc) is 2.63. The van der Waals surface area contributed by atoms with Crippen molar-refractivity contribution in [3.63, 3.8) is 0 Å². The molecule has 1 fully saturated rings. The summed E-state index contributed by atoms with van der Waals surface area (Å²) in [6.07, 6.45) is 1.95. The SMILES string of the molecule is CN(C)c1ccc(/C=N/N2CCN(Cc3ccccc3Cl)CC2)cc1. The summed E-state index contributed by atoms with van der Waals surface area (Å²) in [5, 5.41) is 7.62. The first-order chi connectivity index (χ1) is 12.1. The fourth-order valence-electron chi connectivity index (χ4n) is 2.89. The van der Waals surface area contributed by atoms with Gasteiger partial charge in [0.25, 0.3) is 0 Å². The second kappa shape index (κ2) is 8.37. The Labute approximate surface area is 155 Å². The zero-order valence-electron chi connectivity index (χ0n) is 14.9. The van der Waals surface area contributed by atoms with E-state index >= 15 is 0 Å². The van der Waals surface area contributed by atoms with E-state index in [1.165, 1.54) is 11.3 Å². The van der Waals surface area contributed by atoms with Crippen molar-refractivity contribution in [3.8, 4) is 0 Å². The molecule has 2 aromatic carbocycles. The van der Waals surface area contributed by atoms with Gasteiger partial charge in [-0.1, -0.05) is 41.9 Å². The summed E-state index contributed by atoms with van der Waals surface area (Å²) in [6, 6.07) is 16.5. The minimum atomic E-state index is 0.851. The molecule has 4 nitrogen and oxygen atoms in total. The van der Waals surface area contributed by atoms with Gasteiger partial charge in [-0.25, -0.2) is 0 Å². The Bertz CT molecular complexity index is 704. The Morgan fingerprint density at radius 3 is 2.32 bits per heavy atom. The molecule has 0 aromatic heterocycles. The summed E-state index contributed by atoms with van der Waals surface area (Å²) in [5.41, 5.74) is 3.52. The summed E-state index contributed by atoms with van der Waals surface area (Å²) in [5.74, 6) is 0. The maximum atomic E-state index is 6.26. The van der Waals surface area contributed by atoms with Gasteiger partial charge < -0.3 is 4.90 Å². The predicted octanol–water partition coefficient (Wildman–Crippen LogP) is 3.56. The molecule has 3 rings (SSSR count). The third-order valence-electron chi connectivity index (χ3n) is 4.48. The van der Waals surface area contributed by atoms with Gasteiger partial charge in [0.15, 0.2) is 0 Å². The van der Waals surface area contributed by atoms with Gasteiger partial charge in [0.1, 0.15) is 0 Å². The molecule has 25 heavy (non-hydrogen) atoms. The quantitative estimate of drug-likeness (QED) is 0.765.